The quantitative estimate of drug-likeness (QED) is 0.591. The fourth-order valence-electron chi connectivity index (χ4n) is 2.36. The highest BCUT2D eigenvalue weighted by molar-refractivity contribution is 9.10. The van der Waals surface area contributed by atoms with Crippen molar-refractivity contribution in [2.75, 3.05) is 21.3 Å². The lowest BCUT2D eigenvalue weighted by molar-refractivity contribution is -0.0498. The highest BCUT2D eigenvalue weighted by atomic mass is 79.9. The number of benzene rings is 2. The van der Waals surface area contributed by atoms with E-state index >= 15 is 0 Å². The molecule has 0 aromatic heterocycles. The van der Waals surface area contributed by atoms with Crippen molar-refractivity contribution in [1.29, 1.82) is 0 Å². The number of sulfonamides is 1. The lowest BCUT2D eigenvalue weighted by Crippen LogP contribution is -2.27. The third-order valence-corrected chi connectivity index (χ3v) is 6.42. The van der Waals surface area contributed by atoms with Gasteiger partial charge in [0.1, 0.15) is 10.6 Å². The van der Waals surface area contributed by atoms with Gasteiger partial charge in [0.2, 0.25) is 10.0 Å². The van der Waals surface area contributed by atoms with Gasteiger partial charge >= 0.3 is 6.61 Å². The van der Waals surface area contributed by atoms with Crippen LogP contribution in [0.5, 0.6) is 17.2 Å². The predicted molar refractivity (Wildman–Crippen MR) is 99.0 cm³/mol. The molecule has 0 aliphatic carbocycles. The Bertz CT molecular complexity index is 908. The maximum absolute atomic E-state index is 12.9. The van der Waals surface area contributed by atoms with Gasteiger partial charge in [-0.05, 0) is 39.7 Å². The first-order chi connectivity index (χ1) is 12.7. The Morgan fingerprint density at radius 3 is 2.33 bits per heavy atom. The minimum Gasteiger partial charge on any atom is -0.493 e. The predicted octanol–water partition coefficient (Wildman–Crippen LogP) is 3.89. The largest absolute Gasteiger partial charge is 0.493 e. The monoisotopic (exact) mass is 465 g/mol. The summed E-state index contributed by atoms with van der Waals surface area (Å²) >= 11 is 3.23. The zero-order valence-electron chi connectivity index (χ0n) is 14.8. The van der Waals surface area contributed by atoms with Gasteiger partial charge in [-0.25, -0.2) is 8.42 Å². The van der Waals surface area contributed by atoms with Crippen LogP contribution in [0.1, 0.15) is 5.56 Å². The van der Waals surface area contributed by atoms with Crippen molar-refractivity contribution in [1.82, 2.24) is 4.31 Å². The van der Waals surface area contributed by atoms with E-state index in [0.717, 1.165) is 4.31 Å². The molecule has 0 radical (unpaired) electrons. The van der Waals surface area contributed by atoms with E-state index in [1.54, 1.807) is 6.07 Å². The van der Waals surface area contributed by atoms with Gasteiger partial charge < -0.3 is 14.2 Å². The Labute approximate surface area is 164 Å². The Morgan fingerprint density at radius 2 is 1.74 bits per heavy atom. The van der Waals surface area contributed by atoms with Gasteiger partial charge in [-0.1, -0.05) is 12.1 Å². The summed E-state index contributed by atoms with van der Waals surface area (Å²) < 4.78 is 66.6. The maximum atomic E-state index is 12.9. The summed E-state index contributed by atoms with van der Waals surface area (Å²) in [7, 11) is 0.335. The Hall–Kier alpha value is -1.91. The van der Waals surface area contributed by atoms with Gasteiger partial charge in [-0.2, -0.15) is 13.1 Å². The molecule has 0 saturated heterocycles. The maximum Gasteiger partial charge on any atom is 0.387 e. The first-order valence-corrected chi connectivity index (χ1v) is 9.84. The van der Waals surface area contributed by atoms with Crippen LogP contribution in [0, 0.1) is 0 Å². The van der Waals surface area contributed by atoms with Crippen molar-refractivity contribution in [2.45, 2.75) is 18.1 Å². The molecule has 6 nitrogen and oxygen atoms in total. The molecule has 0 bridgehead atoms. The minimum atomic E-state index is -3.90. The van der Waals surface area contributed by atoms with Gasteiger partial charge in [-0.3, -0.25) is 0 Å². The van der Waals surface area contributed by atoms with Crippen molar-refractivity contribution >= 4 is 26.0 Å². The van der Waals surface area contributed by atoms with Crippen molar-refractivity contribution in [2.24, 2.45) is 0 Å². The molecule has 0 spiro atoms. The Morgan fingerprint density at radius 1 is 1.11 bits per heavy atom. The van der Waals surface area contributed by atoms with E-state index in [4.69, 9.17) is 9.47 Å². The van der Waals surface area contributed by atoms with Crippen LogP contribution >= 0.6 is 15.9 Å². The van der Waals surface area contributed by atoms with Crippen molar-refractivity contribution < 1.29 is 31.4 Å². The first kappa shape index (κ1) is 21.4. The molecule has 0 fully saturated rings. The summed E-state index contributed by atoms with van der Waals surface area (Å²) in [6.45, 7) is -2.99. The molecule has 0 N–H and O–H groups in total. The van der Waals surface area contributed by atoms with E-state index < -0.39 is 16.6 Å². The molecule has 0 saturated carbocycles. The Kier molecular flexibility index (Phi) is 7.01. The SMILES string of the molecule is COc1cc(Br)c(S(=O)(=O)N(C)Cc2cccc(OC(F)F)c2)cc1OC. The van der Waals surface area contributed by atoms with Crippen molar-refractivity contribution in [3.63, 3.8) is 0 Å². The van der Waals surface area contributed by atoms with E-state index in [0.29, 0.717) is 15.8 Å². The minimum absolute atomic E-state index is 0.0114. The average molecular weight is 466 g/mol. The average Bonchev–Trinajstić information content (AvgIpc) is 2.60. The second kappa shape index (κ2) is 8.85. The third-order valence-electron chi connectivity index (χ3n) is 3.66. The molecule has 2 aromatic rings. The number of alkyl halides is 2. The number of nitrogens with zero attached hydrogens (tertiary/aromatic N) is 1. The summed E-state index contributed by atoms with van der Waals surface area (Å²) in [6, 6.07) is 8.71. The molecule has 0 atom stereocenters. The number of halogens is 3. The third kappa shape index (κ3) is 5.08. The molecule has 0 heterocycles. The first-order valence-electron chi connectivity index (χ1n) is 7.60. The molecular weight excluding hydrogens is 448 g/mol. The highest BCUT2D eigenvalue weighted by Gasteiger charge is 2.26. The molecule has 27 heavy (non-hydrogen) atoms. The molecule has 2 aromatic carbocycles. The van der Waals surface area contributed by atoms with Gasteiger partial charge in [0, 0.05) is 24.1 Å². The van der Waals surface area contributed by atoms with E-state index in [-0.39, 0.29) is 22.9 Å². The number of methoxy groups -OCH3 is 2. The summed E-state index contributed by atoms with van der Waals surface area (Å²) in [6.07, 6.45) is 0. The summed E-state index contributed by atoms with van der Waals surface area (Å²) in [5, 5.41) is 0. The van der Waals surface area contributed by atoms with Crippen LogP contribution in [0.3, 0.4) is 0 Å². The molecule has 0 aliphatic rings. The topological polar surface area (TPSA) is 65.1 Å². The number of rotatable bonds is 8. The summed E-state index contributed by atoms with van der Waals surface area (Å²) in [5.41, 5.74) is 0.496. The zero-order valence-corrected chi connectivity index (χ0v) is 17.2. The normalized spacial score (nSPS) is 11.7. The van der Waals surface area contributed by atoms with Crippen LogP contribution in [0.4, 0.5) is 8.78 Å². The Balaban J connectivity index is 2.32. The van der Waals surface area contributed by atoms with Crippen LogP contribution in [0.15, 0.2) is 45.8 Å². The van der Waals surface area contributed by atoms with E-state index in [1.807, 2.05) is 0 Å². The fraction of sp³-hybridized carbons (Fsp3) is 0.294. The van der Waals surface area contributed by atoms with Crippen LogP contribution in [-0.2, 0) is 16.6 Å². The van der Waals surface area contributed by atoms with Crippen LogP contribution in [0.2, 0.25) is 0 Å². The molecule has 10 heteroatoms. The van der Waals surface area contributed by atoms with Crippen LogP contribution < -0.4 is 14.2 Å². The number of hydrogen-bond acceptors (Lipinski definition) is 5. The smallest absolute Gasteiger partial charge is 0.387 e. The van der Waals surface area contributed by atoms with E-state index in [2.05, 4.69) is 20.7 Å². The zero-order chi connectivity index (χ0) is 20.2. The van der Waals surface area contributed by atoms with Gasteiger partial charge in [-0.15, -0.1) is 0 Å². The van der Waals surface area contributed by atoms with E-state index in [1.165, 1.54) is 51.6 Å². The van der Waals surface area contributed by atoms with Crippen LogP contribution in [-0.4, -0.2) is 40.6 Å². The molecule has 0 aliphatic heterocycles. The molecule has 2 rings (SSSR count). The molecule has 148 valence electrons. The standard InChI is InChI=1S/C17H18BrF2NO5S/c1-21(10-11-5-4-6-12(7-11)26-17(19)20)27(22,23)16-9-15(25-3)14(24-2)8-13(16)18/h4-9,17H,10H2,1-3H3. The lowest BCUT2D eigenvalue weighted by Gasteiger charge is -2.20. The second-order valence-corrected chi connectivity index (χ2v) is 8.29. The van der Waals surface area contributed by atoms with Crippen molar-refractivity contribution in [3.8, 4) is 17.2 Å². The molecular formula is C17H18BrF2NO5S. The fourth-order valence-corrected chi connectivity index (χ4v) is 4.52. The second-order valence-electron chi connectivity index (χ2n) is 5.42. The number of ether oxygens (including phenoxy) is 3. The van der Waals surface area contributed by atoms with Gasteiger partial charge in [0.25, 0.3) is 0 Å². The van der Waals surface area contributed by atoms with Gasteiger partial charge in [0.05, 0.1) is 14.2 Å². The van der Waals surface area contributed by atoms with E-state index in [9.17, 15) is 17.2 Å². The van der Waals surface area contributed by atoms with Crippen LogP contribution in [0.25, 0.3) is 0 Å². The summed E-state index contributed by atoms with van der Waals surface area (Å²) in [5.74, 6) is 0.600. The molecule has 0 unspecified atom stereocenters. The molecule has 0 amide bonds. The van der Waals surface area contributed by atoms with Crippen molar-refractivity contribution in [3.05, 3.63) is 46.4 Å². The summed E-state index contributed by atoms with van der Waals surface area (Å²) in [4.78, 5) is -0.0114. The van der Waals surface area contributed by atoms with Gasteiger partial charge in [0.15, 0.2) is 11.5 Å². The lowest BCUT2D eigenvalue weighted by atomic mass is 10.2. The number of hydrogen-bond donors (Lipinski definition) is 0. The highest BCUT2D eigenvalue weighted by Crippen LogP contribution is 2.36.